The molecule has 0 spiro atoms. The van der Waals surface area contributed by atoms with Gasteiger partial charge in [0, 0.05) is 37.4 Å². The lowest BCUT2D eigenvalue weighted by molar-refractivity contribution is -0.117. The Kier molecular flexibility index (Phi) is 4.79. The lowest BCUT2D eigenvalue weighted by Crippen LogP contribution is -2.48. The summed E-state index contributed by atoms with van der Waals surface area (Å²) in [7, 11) is 0. The van der Waals surface area contributed by atoms with Crippen molar-refractivity contribution in [3.63, 3.8) is 0 Å². The molecule has 1 N–H and O–H groups in total. The molecule has 0 saturated carbocycles. The molecule has 2 aromatic rings. The smallest absolute Gasteiger partial charge is 0.238 e. The summed E-state index contributed by atoms with van der Waals surface area (Å²) in [5.41, 5.74) is 4.58. The number of piperazine rings is 1. The maximum atomic E-state index is 12.6. The third kappa shape index (κ3) is 3.53. The summed E-state index contributed by atoms with van der Waals surface area (Å²) in [6.07, 6.45) is 1.18. The monoisotopic (exact) mass is 349 g/mol. The molecule has 2 atom stereocenters. The zero-order valence-electron chi connectivity index (χ0n) is 15.6. The molecule has 2 aromatic carbocycles. The second-order valence-electron chi connectivity index (χ2n) is 7.70. The molecule has 136 valence electrons. The van der Waals surface area contributed by atoms with Crippen molar-refractivity contribution in [3.8, 4) is 0 Å². The molecule has 2 saturated heterocycles. The minimum Gasteiger partial charge on any atom is -0.324 e. The van der Waals surface area contributed by atoms with Crippen LogP contribution in [0.2, 0.25) is 0 Å². The van der Waals surface area contributed by atoms with E-state index in [0.29, 0.717) is 18.6 Å². The fourth-order valence-electron chi connectivity index (χ4n) is 4.41. The summed E-state index contributed by atoms with van der Waals surface area (Å²) < 4.78 is 0. The predicted molar refractivity (Wildman–Crippen MR) is 105 cm³/mol. The Morgan fingerprint density at radius 3 is 2.27 bits per heavy atom. The van der Waals surface area contributed by atoms with Gasteiger partial charge in [0.25, 0.3) is 0 Å². The first-order valence-electron chi connectivity index (χ1n) is 9.48. The lowest BCUT2D eigenvalue weighted by atomic mass is 10.1. The number of hydrogen-bond acceptors (Lipinski definition) is 3. The Labute approximate surface area is 155 Å². The van der Waals surface area contributed by atoms with Gasteiger partial charge in [0.05, 0.1) is 6.54 Å². The highest BCUT2D eigenvalue weighted by Gasteiger charge is 2.43. The first kappa shape index (κ1) is 17.3. The molecule has 26 heavy (non-hydrogen) atoms. The van der Waals surface area contributed by atoms with Gasteiger partial charge in [-0.15, -0.1) is 0 Å². The van der Waals surface area contributed by atoms with Crippen molar-refractivity contribution in [2.75, 3.05) is 25.0 Å². The number of amides is 1. The molecule has 0 aliphatic carbocycles. The second kappa shape index (κ2) is 7.22. The first-order chi connectivity index (χ1) is 12.6. The number of carbonyl (C=O) groups excluding carboxylic acids is 1. The molecule has 2 fully saturated rings. The molecule has 2 aliphatic heterocycles. The molecule has 1 amide bonds. The zero-order valence-corrected chi connectivity index (χ0v) is 15.6. The van der Waals surface area contributed by atoms with Crippen LogP contribution in [0.3, 0.4) is 0 Å². The van der Waals surface area contributed by atoms with E-state index in [2.05, 4.69) is 45.4 Å². The summed E-state index contributed by atoms with van der Waals surface area (Å²) in [6, 6.07) is 17.9. The van der Waals surface area contributed by atoms with E-state index in [9.17, 15) is 4.79 Å². The van der Waals surface area contributed by atoms with Crippen molar-refractivity contribution in [2.24, 2.45) is 0 Å². The topological polar surface area (TPSA) is 35.6 Å². The number of carbonyl (C=O) groups is 1. The third-order valence-corrected chi connectivity index (χ3v) is 5.79. The molecule has 0 radical (unpaired) electrons. The summed E-state index contributed by atoms with van der Waals surface area (Å²) in [4.78, 5) is 17.5. The Morgan fingerprint density at radius 2 is 1.62 bits per heavy atom. The number of fused-ring (bicyclic) bond motifs is 2. The van der Waals surface area contributed by atoms with Crippen LogP contribution in [0.1, 0.15) is 23.1 Å². The van der Waals surface area contributed by atoms with Crippen LogP contribution in [0.15, 0.2) is 48.5 Å². The molecule has 2 heterocycles. The van der Waals surface area contributed by atoms with Crippen molar-refractivity contribution >= 4 is 11.6 Å². The van der Waals surface area contributed by atoms with Crippen LogP contribution >= 0.6 is 0 Å². The van der Waals surface area contributed by atoms with E-state index < -0.39 is 0 Å². The van der Waals surface area contributed by atoms with Gasteiger partial charge in [0.15, 0.2) is 0 Å². The highest BCUT2D eigenvalue weighted by molar-refractivity contribution is 5.93. The lowest BCUT2D eigenvalue weighted by Gasteiger charge is -2.33. The standard InChI is InChI=1S/C22H27N3O/c1-16-7-6-8-17(2)22(16)23-21(26)15-25-14-19-11-20(25)13-24(19)12-18-9-4-3-5-10-18/h3-10,19-20H,11-15H2,1-2H3,(H,23,26). The largest absolute Gasteiger partial charge is 0.324 e. The Bertz CT molecular complexity index is 769. The Morgan fingerprint density at radius 1 is 0.962 bits per heavy atom. The number of hydrogen-bond donors (Lipinski definition) is 1. The molecule has 4 heteroatoms. The summed E-state index contributed by atoms with van der Waals surface area (Å²) in [5, 5.41) is 3.12. The van der Waals surface area contributed by atoms with E-state index in [1.807, 2.05) is 32.0 Å². The van der Waals surface area contributed by atoms with E-state index in [1.165, 1.54) is 12.0 Å². The Balaban J connectivity index is 1.32. The van der Waals surface area contributed by atoms with Gasteiger partial charge in [-0.25, -0.2) is 0 Å². The summed E-state index contributed by atoms with van der Waals surface area (Å²) in [6.45, 7) is 7.66. The fraction of sp³-hybridized carbons (Fsp3) is 0.409. The van der Waals surface area contributed by atoms with Crippen LogP contribution in [0.4, 0.5) is 5.69 Å². The van der Waals surface area contributed by atoms with Crippen molar-refractivity contribution in [1.29, 1.82) is 0 Å². The molecule has 2 bridgehead atoms. The molecule has 2 unspecified atom stereocenters. The third-order valence-electron chi connectivity index (χ3n) is 5.79. The number of nitrogens with one attached hydrogen (secondary N) is 1. The molecular formula is C22H27N3O. The normalized spacial score (nSPS) is 22.7. The van der Waals surface area contributed by atoms with Gasteiger partial charge in [-0.05, 0) is 37.0 Å². The van der Waals surface area contributed by atoms with Crippen molar-refractivity contribution in [1.82, 2.24) is 9.80 Å². The van der Waals surface area contributed by atoms with E-state index in [1.54, 1.807) is 0 Å². The molecular weight excluding hydrogens is 322 g/mol. The van der Waals surface area contributed by atoms with Crippen LogP contribution in [0.5, 0.6) is 0 Å². The number of rotatable bonds is 5. The van der Waals surface area contributed by atoms with Crippen molar-refractivity contribution in [3.05, 3.63) is 65.2 Å². The van der Waals surface area contributed by atoms with Crippen molar-refractivity contribution in [2.45, 2.75) is 38.9 Å². The second-order valence-corrected chi connectivity index (χ2v) is 7.70. The number of likely N-dealkylation sites (tertiary alicyclic amines) is 2. The van der Waals surface area contributed by atoms with E-state index in [4.69, 9.17) is 0 Å². The van der Waals surface area contributed by atoms with Gasteiger partial charge >= 0.3 is 0 Å². The average molecular weight is 349 g/mol. The maximum absolute atomic E-state index is 12.6. The minimum atomic E-state index is 0.101. The summed E-state index contributed by atoms with van der Waals surface area (Å²) >= 11 is 0. The summed E-state index contributed by atoms with van der Waals surface area (Å²) in [5.74, 6) is 0.101. The number of nitrogens with zero attached hydrogens (tertiary/aromatic N) is 2. The predicted octanol–water partition coefficient (Wildman–Crippen LogP) is 3.20. The van der Waals surface area contributed by atoms with Crippen LogP contribution in [0.25, 0.3) is 0 Å². The minimum absolute atomic E-state index is 0.101. The van der Waals surface area contributed by atoms with Crippen LogP contribution in [-0.4, -0.2) is 47.4 Å². The fourth-order valence-corrected chi connectivity index (χ4v) is 4.41. The van der Waals surface area contributed by atoms with Gasteiger partial charge in [0.1, 0.15) is 0 Å². The Hall–Kier alpha value is -2.17. The number of benzene rings is 2. The number of para-hydroxylation sites is 1. The van der Waals surface area contributed by atoms with E-state index in [0.717, 1.165) is 36.4 Å². The van der Waals surface area contributed by atoms with Crippen molar-refractivity contribution < 1.29 is 4.79 Å². The molecule has 0 aromatic heterocycles. The van der Waals surface area contributed by atoms with Gasteiger partial charge in [-0.1, -0.05) is 48.5 Å². The first-order valence-corrected chi connectivity index (χ1v) is 9.48. The average Bonchev–Trinajstić information content (AvgIpc) is 3.19. The zero-order chi connectivity index (χ0) is 18.1. The SMILES string of the molecule is Cc1cccc(C)c1NC(=O)CN1CC2CC1CN2Cc1ccccc1. The van der Waals surface area contributed by atoms with Crippen LogP contribution < -0.4 is 5.32 Å². The van der Waals surface area contributed by atoms with Crippen LogP contribution in [-0.2, 0) is 11.3 Å². The maximum Gasteiger partial charge on any atom is 0.238 e. The van der Waals surface area contributed by atoms with Gasteiger partial charge < -0.3 is 5.32 Å². The molecule has 4 nitrogen and oxygen atoms in total. The number of aryl methyl sites for hydroxylation is 2. The van der Waals surface area contributed by atoms with Gasteiger partial charge in [-0.3, -0.25) is 14.6 Å². The molecule has 4 rings (SSSR count). The van der Waals surface area contributed by atoms with Crippen LogP contribution in [0, 0.1) is 13.8 Å². The van der Waals surface area contributed by atoms with Gasteiger partial charge in [-0.2, -0.15) is 0 Å². The quantitative estimate of drug-likeness (QED) is 0.900. The van der Waals surface area contributed by atoms with Gasteiger partial charge in [0.2, 0.25) is 5.91 Å². The number of anilines is 1. The highest BCUT2D eigenvalue weighted by atomic mass is 16.2. The van der Waals surface area contributed by atoms with E-state index >= 15 is 0 Å². The molecule has 2 aliphatic rings. The van der Waals surface area contributed by atoms with E-state index in [-0.39, 0.29) is 5.91 Å². The highest BCUT2D eigenvalue weighted by Crippen LogP contribution is 2.31.